The highest BCUT2D eigenvalue weighted by Crippen LogP contribution is 2.32. The number of likely N-dealkylation sites (tertiary alicyclic amines) is 1. The zero-order valence-electron chi connectivity index (χ0n) is 14.1. The maximum absolute atomic E-state index is 12.2. The van der Waals surface area contributed by atoms with Gasteiger partial charge in [0.15, 0.2) is 0 Å². The monoisotopic (exact) mass is 325 g/mol. The second-order valence-electron chi connectivity index (χ2n) is 6.66. The Kier molecular flexibility index (Phi) is 4.10. The number of esters is 1. The highest BCUT2D eigenvalue weighted by atomic mass is 16.5. The van der Waals surface area contributed by atoms with Crippen LogP contribution in [0.3, 0.4) is 0 Å². The maximum Gasteiger partial charge on any atom is 0.338 e. The Balaban J connectivity index is 1.70. The zero-order chi connectivity index (χ0) is 16.5. The van der Waals surface area contributed by atoms with Gasteiger partial charge in [0.25, 0.3) is 0 Å². The molecule has 2 aliphatic rings. The molecule has 2 aromatic rings. The molecule has 1 atom stereocenters. The molecule has 1 unspecified atom stereocenters. The average Bonchev–Trinajstić information content (AvgIpc) is 3.31. The van der Waals surface area contributed by atoms with Crippen molar-refractivity contribution in [2.24, 2.45) is 0 Å². The van der Waals surface area contributed by atoms with Gasteiger partial charge in [-0.05, 0) is 49.9 Å². The highest BCUT2D eigenvalue weighted by molar-refractivity contribution is 6.09. The number of carbonyl (C=O) groups is 1. The second-order valence-corrected chi connectivity index (χ2v) is 6.66. The summed E-state index contributed by atoms with van der Waals surface area (Å²) in [6, 6.07) is 8.32. The quantitative estimate of drug-likeness (QED) is 0.812. The molecule has 5 nitrogen and oxygen atoms in total. The Morgan fingerprint density at radius 1 is 1.21 bits per heavy atom. The Hall–Kier alpha value is -2.14. The molecule has 3 heterocycles. The van der Waals surface area contributed by atoms with E-state index < -0.39 is 0 Å². The molecule has 4 rings (SSSR count). The summed E-state index contributed by atoms with van der Waals surface area (Å²) in [7, 11) is 1.43. The summed E-state index contributed by atoms with van der Waals surface area (Å²) in [5.74, 6) is 0.611. The molecule has 0 bridgehead atoms. The molecule has 0 radical (unpaired) electrons. The minimum atomic E-state index is -0.301. The van der Waals surface area contributed by atoms with E-state index in [2.05, 4.69) is 14.8 Å². The van der Waals surface area contributed by atoms with E-state index in [0.717, 1.165) is 29.7 Å². The number of aromatic nitrogens is 1. The van der Waals surface area contributed by atoms with Gasteiger partial charge >= 0.3 is 5.97 Å². The maximum atomic E-state index is 12.2. The summed E-state index contributed by atoms with van der Waals surface area (Å²) in [6.07, 6.45) is 5.63. The number of benzene rings is 1. The molecule has 126 valence electrons. The third-order valence-corrected chi connectivity index (χ3v) is 5.30. The van der Waals surface area contributed by atoms with Crippen LogP contribution in [0, 0.1) is 0 Å². The number of methoxy groups -OCH3 is 1. The number of hydrogen-bond donors (Lipinski definition) is 0. The van der Waals surface area contributed by atoms with Gasteiger partial charge in [-0.2, -0.15) is 0 Å². The molecule has 24 heavy (non-hydrogen) atoms. The molecular formula is C19H23N3O2. The first-order valence-corrected chi connectivity index (χ1v) is 8.73. The summed E-state index contributed by atoms with van der Waals surface area (Å²) >= 11 is 0. The normalized spacial score (nSPS) is 21.5. The second kappa shape index (κ2) is 6.40. The van der Waals surface area contributed by atoms with Gasteiger partial charge in [-0.3, -0.25) is 4.90 Å². The summed E-state index contributed by atoms with van der Waals surface area (Å²) in [5.41, 5.74) is 0.600. The predicted octanol–water partition coefficient (Wildman–Crippen LogP) is 2.70. The SMILES string of the molecule is COC(=O)c1cccc2ccnc(N3CCC(N4CCCC4)C3)c12. The van der Waals surface area contributed by atoms with Crippen molar-refractivity contribution in [3.05, 3.63) is 36.0 Å². The number of ether oxygens (including phenoxy) is 1. The molecule has 5 heteroatoms. The number of nitrogens with zero attached hydrogens (tertiary/aromatic N) is 3. The number of fused-ring (bicyclic) bond motifs is 1. The van der Waals surface area contributed by atoms with Crippen molar-refractivity contribution in [1.29, 1.82) is 0 Å². The van der Waals surface area contributed by atoms with Crippen LogP contribution in [0.5, 0.6) is 0 Å². The molecule has 0 amide bonds. The van der Waals surface area contributed by atoms with E-state index in [-0.39, 0.29) is 5.97 Å². The van der Waals surface area contributed by atoms with Crippen molar-refractivity contribution < 1.29 is 9.53 Å². The molecule has 0 saturated carbocycles. The number of pyridine rings is 1. The molecule has 0 N–H and O–H groups in total. The smallest absolute Gasteiger partial charge is 0.338 e. The van der Waals surface area contributed by atoms with Crippen LogP contribution in [0.2, 0.25) is 0 Å². The fraction of sp³-hybridized carbons (Fsp3) is 0.474. The van der Waals surface area contributed by atoms with E-state index >= 15 is 0 Å². The third-order valence-electron chi connectivity index (χ3n) is 5.30. The Labute approximate surface area is 142 Å². The van der Waals surface area contributed by atoms with Gasteiger partial charge in [0, 0.05) is 30.7 Å². The van der Waals surface area contributed by atoms with Gasteiger partial charge in [0.2, 0.25) is 0 Å². The van der Waals surface area contributed by atoms with Gasteiger partial charge < -0.3 is 9.64 Å². The topological polar surface area (TPSA) is 45.7 Å². The molecule has 0 aliphatic carbocycles. The van der Waals surface area contributed by atoms with Crippen molar-refractivity contribution in [1.82, 2.24) is 9.88 Å². The van der Waals surface area contributed by atoms with Crippen LogP contribution in [-0.4, -0.2) is 55.2 Å². The van der Waals surface area contributed by atoms with Gasteiger partial charge in [0.05, 0.1) is 12.7 Å². The minimum Gasteiger partial charge on any atom is -0.465 e. The van der Waals surface area contributed by atoms with E-state index in [1.54, 1.807) is 0 Å². The van der Waals surface area contributed by atoms with E-state index in [1.807, 2.05) is 30.5 Å². The lowest BCUT2D eigenvalue weighted by molar-refractivity contribution is 0.0603. The van der Waals surface area contributed by atoms with Gasteiger partial charge in [0.1, 0.15) is 5.82 Å². The first kappa shape index (κ1) is 15.4. The number of anilines is 1. The molecule has 2 aliphatic heterocycles. The lowest BCUT2D eigenvalue weighted by Gasteiger charge is -2.24. The Morgan fingerprint density at radius 2 is 2.04 bits per heavy atom. The van der Waals surface area contributed by atoms with Crippen LogP contribution >= 0.6 is 0 Å². The Bertz CT molecular complexity index is 750. The Morgan fingerprint density at radius 3 is 2.83 bits per heavy atom. The van der Waals surface area contributed by atoms with E-state index in [9.17, 15) is 4.79 Å². The molecule has 2 saturated heterocycles. The summed E-state index contributed by atoms with van der Waals surface area (Å²) < 4.78 is 4.97. The molecule has 1 aromatic heterocycles. The standard InChI is InChI=1S/C19H23N3O2/c1-24-19(23)16-6-4-5-14-7-9-20-18(17(14)16)22-12-8-15(13-22)21-10-2-3-11-21/h4-7,9,15H,2-3,8,10-13H2,1H3. The van der Waals surface area contributed by atoms with Crippen LogP contribution < -0.4 is 4.90 Å². The van der Waals surface area contributed by atoms with Crippen LogP contribution in [0.15, 0.2) is 30.5 Å². The summed E-state index contributed by atoms with van der Waals surface area (Å²) in [5, 5.41) is 1.95. The number of rotatable bonds is 3. The summed E-state index contributed by atoms with van der Waals surface area (Å²) in [4.78, 5) is 21.8. The van der Waals surface area contributed by atoms with Crippen LogP contribution in [-0.2, 0) is 4.74 Å². The number of carbonyl (C=O) groups excluding carboxylic acids is 1. The van der Waals surface area contributed by atoms with Crippen molar-refractivity contribution >= 4 is 22.6 Å². The first-order chi connectivity index (χ1) is 11.8. The third kappa shape index (κ3) is 2.63. The fourth-order valence-electron chi connectivity index (χ4n) is 4.07. The largest absolute Gasteiger partial charge is 0.465 e. The summed E-state index contributed by atoms with van der Waals surface area (Å²) in [6.45, 7) is 4.41. The van der Waals surface area contributed by atoms with E-state index in [1.165, 1.54) is 39.5 Å². The van der Waals surface area contributed by atoms with Crippen molar-refractivity contribution in [3.8, 4) is 0 Å². The van der Waals surface area contributed by atoms with Crippen LogP contribution in [0.4, 0.5) is 5.82 Å². The number of hydrogen-bond acceptors (Lipinski definition) is 5. The fourth-order valence-corrected chi connectivity index (χ4v) is 4.07. The van der Waals surface area contributed by atoms with E-state index in [0.29, 0.717) is 11.6 Å². The van der Waals surface area contributed by atoms with Crippen molar-refractivity contribution in [3.63, 3.8) is 0 Å². The predicted molar refractivity (Wildman–Crippen MR) is 94.5 cm³/mol. The zero-order valence-corrected chi connectivity index (χ0v) is 14.1. The lowest BCUT2D eigenvalue weighted by atomic mass is 10.1. The molecule has 0 spiro atoms. The van der Waals surface area contributed by atoms with Gasteiger partial charge in [-0.15, -0.1) is 0 Å². The van der Waals surface area contributed by atoms with Crippen LogP contribution in [0.1, 0.15) is 29.6 Å². The van der Waals surface area contributed by atoms with E-state index in [4.69, 9.17) is 4.74 Å². The molecule has 2 fully saturated rings. The van der Waals surface area contributed by atoms with Gasteiger partial charge in [-0.1, -0.05) is 12.1 Å². The molecule has 1 aromatic carbocycles. The van der Waals surface area contributed by atoms with Crippen molar-refractivity contribution in [2.75, 3.05) is 38.2 Å². The van der Waals surface area contributed by atoms with Crippen LogP contribution in [0.25, 0.3) is 10.8 Å². The van der Waals surface area contributed by atoms with Crippen molar-refractivity contribution in [2.45, 2.75) is 25.3 Å². The van der Waals surface area contributed by atoms with Gasteiger partial charge in [-0.25, -0.2) is 9.78 Å². The lowest BCUT2D eigenvalue weighted by Crippen LogP contribution is -2.35. The first-order valence-electron chi connectivity index (χ1n) is 8.73. The highest BCUT2D eigenvalue weighted by Gasteiger charge is 2.31. The molecular weight excluding hydrogens is 302 g/mol. The average molecular weight is 325 g/mol. The minimum absolute atomic E-state index is 0.301.